The summed E-state index contributed by atoms with van der Waals surface area (Å²) >= 11 is 3.37. The average Bonchev–Trinajstić information content (AvgIpc) is 2.20. The highest BCUT2D eigenvalue weighted by atomic mass is 79.9. The molecule has 15 heavy (non-hydrogen) atoms. The molecule has 0 amide bonds. The van der Waals surface area contributed by atoms with Crippen molar-refractivity contribution < 1.29 is 10.2 Å². The van der Waals surface area contributed by atoms with Crippen LogP contribution in [-0.4, -0.2) is 16.8 Å². The number of aromatic hydroxyl groups is 1. The van der Waals surface area contributed by atoms with Crippen LogP contribution < -0.4 is 0 Å². The van der Waals surface area contributed by atoms with Crippen molar-refractivity contribution in [1.82, 2.24) is 0 Å². The monoisotopic (exact) mass is 272 g/mol. The smallest absolute Gasteiger partial charge is 0.133 e. The predicted molar refractivity (Wildman–Crippen MR) is 65.4 cm³/mol. The Kier molecular flexibility index (Phi) is 3.46. The summed E-state index contributed by atoms with van der Waals surface area (Å²) in [6.07, 6.45) is 0. The summed E-state index contributed by atoms with van der Waals surface area (Å²) in [4.78, 5) is 0. The maximum Gasteiger partial charge on any atom is 0.133 e. The van der Waals surface area contributed by atoms with Gasteiger partial charge < -0.3 is 10.2 Å². The second-order valence-corrected chi connectivity index (χ2v) is 5.36. The average molecular weight is 273 g/mol. The molecule has 0 aliphatic rings. The van der Waals surface area contributed by atoms with E-state index in [0.717, 1.165) is 21.2 Å². The first kappa shape index (κ1) is 12.5. The fourth-order valence-corrected chi connectivity index (χ4v) is 1.99. The number of hydrogen-bond acceptors (Lipinski definition) is 2. The first-order chi connectivity index (χ1) is 6.81. The van der Waals surface area contributed by atoms with Crippen molar-refractivity contribution in [3.63, 3.8) is 0 Å². The zero-order valence-electron chi connectivity index (χ0n) is 9.56. The van der Waals surface area contributed by atoms with Gasteiger partial charge in [-0.05, 0) is 40.9 Å². The maximum absolute atomic E-state index is 10.0. The van der Waals surface area contributed by atoms with Crippen molar-refractivity contribution in [2.24, 2.45) is 0 Å². The van der Waals surface area contributed by atoms with E-state index >= 15 is 0 Å². The molecule has 0 bridgehead atoms. The summed E-state index contributed by atoms with van der Waals surface area (Å²) in [7, 11) is 0. The van der Waals surface area contributed by atoms with E-state index in [4.69, 9.17) is 0 Å². The maximum atomic E-state index is 10.0. The third-order valence-electron chi connectivity index (χ3n) is 2.87. The fraction of sp³-hybridized carbons (Fsp3) is 0.500. The van der Waals surface area contributed by atoms with Gasteiger partial charge in [0.05, 0.1) is 11.1 Å². The lowest BCUT2D eigenvalue weighted by molar-refractivity contribution is 0.215. The molecule has 1 rings (SSSR count). The van der Waals surface area contributed by atoms with Gasteiger partial charge in [0.2, 0.25) is 0 Å². The Morgan fingerprint density at radius 1 is 1.33 bits per heavy atom. The number of phenolic OH excluding ortho intramolecular Hbond substituents is 1. The summed E-state index contributed by atoms with van der Waals surface area (Å²) in [5.41, 5.74) is 2.49. The van der Waals surface area contributed by atoms with Gasteiger partial charge in [-0.3, -0.25) is 0 Å². The standard InChI is InChI=1S/C12H17BrO2/c1-7-5-9(12(3,4)6-14)11(15)10(13)8(7)2/h5,14-15H,6H2,1-4H3. The molecule has 0 saturated heterocycles. The van der Waals surface area contributed by atoms with Crippen molar-refractivity contribution in [2.45, 2.75) is 33.1 Å². The molecule has 0 aromatic heterocycles. The molecule has 84 valence electrons. The van der Waals surface area contributed by atoms with E-state index in [2.05, 4.69) is 15.9 Å². The van der Waals surface area contributed by atoms with Crippen LogP contribution >= 0.6 is 15.9 Å². The highest BCUT2D eigenvalue weighted by Gasteiger charge is 2.25. The van der Waals surface area contributed by atoms with E-state index in [0.29, 0.717) is 0 Å². The molecule has 1 aromatic rings. The Balaban J connectivity index is 3.45. The molecule has 0 aliphatic carbocycles. The summed E-state index contributed by atoms with van der Waals surface area (Å²) < 4.78 is 0.721. The number of aliphatic hydroxyl groups excluding tert-OH is 1. The van der Waals surface area contributed by atoms with Crippen molar-refractivity contribution in [1.29, 1.82) is 0 Å². The SMILES string of the molecule is Cc1cc(C(C)(C)CO)c(O)c(Br)c1C. The number of hydrogen-bond donors (Lipinski definition) is 2. The van der Waals surface area contributed by atoms with E-state index < -0.39 is 5.41 Å². The normalized spacial score (nSPS) is 11.9. The van der Waals surface area contributed by atoms with E-state index in [-0.39, 0.29) is 12.4 Å². The Labute approximate surface area is 99.1 Å². The highest BCUT2D eigenvalue weighted by Crippen LogP contribution is 2.39. The third-order valence-corrected chi connectivity index (χ3v) is 3.84. The Bertz CT molecular complexity index is 384. The molecule has 0 fully saturated rings. The number of aliphatic hydroxyl groups is 1. The van der Waals surface area contributed by atoms with Gasteiger partial charge >= 0.3 is 0 Å². The third kappa shape index (κ3) is 2.18. The van der Waals surface area contributed by atoms with Crippen LogP contribution in [0.3, 0.4) is 0 Å². The summed E-state index contributed by atoms with van der Waals surface area (Å²) in [5, 5.41) is 19.3. The lowest BCUT2D eigenvalue weighted by Gasteiger charge is -2.25. The molecule has 1 aromatic carbocycles. The van der Waals surface area contributed by atoms with Crippen molar-refractivity contribution in [2.75, 3.05) is 6.61 Å². The molecular weight excluding hydrogens is 256 g/mol. The molecule has 3 heteroatoms. The highest BCUT2D eigenvalue weighted by molar-refractivity contribution is 9.10. The van der Waals surface area contributed by atoms with Crippen LogP contribution in [-0.2, 0) is 5.41 Å². The summed E-state index contributed by atoms with van der Waals surface area (Å²) in [6, 6.07) is 1.94. The minimum Gasteiger partial charge on any atom is -0.506 e. The van der Waals surface area contributed by atoms with Crippen LogP contribution in [0.2, 0.25) is 0 Å². The second kappa shape index (κ2) is 4.14. The van der Waals surface area contributed by atoms with Gasteiger partial charge in [0, 0.05) is 11.0 Å². The van der Waals surface area contributed by atoms with Crippen LogP contribution in [0.5, 0.6) is 5.75 Å². The van der Waals surface area contributed by atoms with Crippen LogP contribution in [0.4, 0.5) is 0 Å². The number of aryl methyl sites for hydroxylation is 1. The van der Waals surface area contributed by atoms with Gasteiger partial charge in [-0.25, -0.2) is 0 Å². The second-order valence-electron chi connectivity index (χ2n) is 4.57. The summed E-state index contributed by atoms with van der Waals surface area (Å²) in [5.74, 6) is 0.233. The molecule has 0 unspecified atom stereocenters. The lowest BCUT2D eigenvalue weighted by atomic mass is 9.83. The van der Waals surface area contributed by atoms with Crippen LogP contribution in [0.15, 0.2) is 10.5 Å². The zero-order chi connectivity index (χ0) is 11.8. The van der Waals surface area contributed by atoms with Gasteiger partial charge in [0.25, 0.3) is 0 Å². The van der Waals surface area contributed by atoms with Gasteiger partial charge in [-0.15, -0.1) is 0 Å². The molecule has 2 nitrogen and oxygen atoms in total. The molecule has 0 aliphatic heterocycles. The number of halogens is 1. The number of benzene rings is 1. The van der Waals surface area contributed by atoms with E-state index in [1.807, 2.05) is 33.8 Å². The van der Waals surface area contributed by atoms with Gasteiger partial charge in [-0.1, -0.05) is 19.9 Å². The summed E-state index contributed by atoms with van der Waals surface area (Å²) in [6.45, 7) is 7.77. The Hall–Kier alpha value is -0.540. The van der Waals surface area contributed by atoms with Crippen molar-refractivity contribution in [3.05, 3.63) is 27.2 Å². The predicted octanol–water partition coefficient (Wildman–Crippen LogP) is 3.04. The van der Waals surface area contributed by atoms with Crippen LogP contribution in [0, 0.1) is 13.8 Å². The van der Waals surface area contributed by atoms with Crippen molar-refractivity contribution >= 4 is 15.9 Å². The minimum absolute atomic E-state index is 0.00943. The molecule has 0 radical (unpaired) electrons. The molecule has 2 N–H and O–H groups in total. The lowest BCUT2D eigenvalue weighted by Crippen LogP contribution is -2.22. The number of rotatable bonds is 2. The Morgan fingerprint density at radius 2 is 1.87 bits per heavy atom. The Morgan fingerprint density at radius 3 is 2.33 bits per heavy atom. The molecular formula is C12H17BrO2. The molecule has 0 saturated carbocycles. The minimum atomic E-state index is -0.426. The molecule has 0 spiro atoms. The van der Waals surface area contributed by atoms with E-state index in [1.165, 1.54) is 0 Å². The topological polar surface area (TPSA) is 40.5 Å². The largest absolute Gasteiger partial charge is 0.506 e. The van der Waals surface area contributed by atoms with E-state index in [1.54, 1.807) is 0 Å². The van der Waals surface area contributed by atoms with Crippen molar-refractivity contribution in [3.8, 4) is 5.75 Å². The van der Waals surface area contributed by atoms with Gasteiger partial charge in [0.1, 0.15) is 5.75 Å². The molecule has 0 heterocycles. The van der Waals surface area contributed by atoms with Gasteiger partial charge in [-0.2, -0.15) is 0 Å². The first-order valence-corrected chi connectivity index (χ1v) is 5.70. The van der Waals surface area contributed by atoms with Crippen LogP contribution in [0.25, 0.3) is 0 Å². The number of phenols is 1. The van der Waals surface area contributed by atoms with E-state index in [9.17, 15) is 10.2 Å². The quantitative estimate of drug-likeness (QED) is 0.869. The van der Waals surface area contributed by atoms with Crippen LogP contribution in [0.1, 0.15) is 30.5 Å². The van der Waals surface area contributed by atoms with Gasteiger partial charge in [0.15, 0.2) is 0 Å². The fourth-order valence-electron chi connectivity index (χ4n) is 1.46. The first-order valence-electron chi connectivity index (χ1n) is 4.91. The molecule has 0 atom stereocenters. The zero-order valence-corrected chi connectivity index (χ0v) is 11.1.